The van der Waals surface area contributed by atoms with E-state index in [0.29, 0.717) is 16.3 Å². The molecule has 0 unspecified atom stereocenters. The van der Waals surface area contributed by atoms with Gasteiger partial charge in [-0.15, -0.1) is 4.40 Å². The van der Waals surface area contributed by atoms with Gasteiger partial charge in [0.05, 0.1) is 4.90 Å². The van der Waals surface area contributed by atoms with Gasteiger partial charge in [0.2, 0.25) is 0 Å². The molecule has 0 bridgehead atoms. The number of benzene rings is 3. The first-order valence-corrected chi connectivity index (χ1v) is 10.9. The van der Waals surface area contributed by atoms with E-state index in [1.807, 2.05) is 13.0 Å². The molecule has 0 aliphatic rings. The molecule has 2 N–H and O–H groups in total. The molecule has 0 fully saturated rings. The number of nitrogens with one attached hydrogen (secondary N) is 2. The van der Waals surface area contributed by atoms with Crippen molar-refractivity contribution >= 4 is 50.5 Å². The molecule has 0 aromatic heterocycles. The number of hydrogen-bond donors (Lipinski definition) is 2. The van der Waals surface area contributed by atoms with Crippen LogP contribution in [0.5, 0.6) is 0 Å². The Balaban J connectivity index is 1.90. The Labute approximate surface area is 180 Å². The second kappa shape index (κ2) is 9.17. The molecule has 5 nitrogen and oxygen atoms in total. The topological polar surface area (TPSA) is 70.6 Å². The Morgan fingerprint density at radius 3 is 2.17 bits per heavy atom. The summed E-state index contributed by atoms with van der Waals surface area (Å²) in [5, 5.41) is 6.69. The number of nitrogens with zero attached hydrogens (tertiary/aromatic N) is 1. The van der Waals surface area contributed by atoms with Crippen LogP contribution in [0.1, 0.15) is 11.1 Å². The zero-order chi connectivity index (χ0) is 20.9. The predicted octanol–water partition coefficient (Wildman–Crippen LogP) is 4.77. The summed E-state index contributed by atoms with van der Waals surface area (Å²) in [6, 6.07) is 22.4. The second-order valence-corrected chi connectivity index (χ2v) is 8.63. The number of aryl methyl sites for hydroxylation is 1. The molecular weight excluding hydrogens is 426 g/mol. The van der Waals surface area contributed by atoms with E-state index in [-0.39, 0.29) is 15.8 Å². The number of hydrogen-bond acceptors (Lipinski definition) is 3. The van der Waals surface area contributed by atoms with Gasteiger partial charge in [-0.1, -0.05) is 59.6 Å². The molecule has 0 aliphatic carbocycles. The highest BCUT2D eigenvalue weighted by Crippen LogP contribution is 2.16. The molecule has 0 radical (unpaired) electrons. The number of thiocarbonyl (C=S) groups is 1. The van der Waals surface area contributed by atoms with Gasteiger partial charge in [-0.2, -0.15) is 8.42 Å². The van der Waals surface area contributed by atoms with E-state index in [1.54, 1.807) is 60.7 Å². The van der Waals surface area contributed by atoms with Crippen molar-refractivity contribution < 1.29 is 8.42 Å². The number of sulfonamides is 1. The van der Waals surface area contributed by atoms with Crippen LogP contribution in [0.3, 0.4) is 0 Å². The van der Waals surface area contributed by atoms with Crippen molar-refractivity contribution in [1.82, 2.24) is 5.32 Å². The van der Waals surface area contributed by atoms with E-state index in [2.05, 4.69) is 15.0 Å². The molecule has 0 amide bonds. The molecule has 3 aromatic carbocycles. The molecule has 29 heavy (non-hydrogen) atoms. The van der Waals surface area contributed by atoms with Crippen molar-refractivity contribution in [3.8, 4) is 0 Å². The minimum absolute atomic E-state index is 0.106. The van der Waals surface area contributed by atoms with Crippen LogP contribution in [-0.2, 0) is 10.0 Å². The van der Waals surface area contributed by atoms with Crippen LogP contribution in [0.25, 0.3) is 0 Å². The van der Waals surface area contributed by atoms with Crippen molar-refractivity contribution in [2.45, 2.75) is 11.8 Å². The number of amidine groups is 1. The third-order valence-electron chi connectivity index (χ3n) is 3.91. The van der Waals surface area contributed by atoms with Crippen LogP contribution < -0.4 is 10.6 Å². The number of halogens is 1. The van der Waals surface area contributed by atoms with Gasteiger partial charge in [-0.3, -0.25) is 0 Å². The van der Waals surface area contributed by atoms with Gasteiger partial charge >= 0.3 is 0 Å². The summed E-state index contributed by atoms with van der Waals surface area (Å²) >= 11 is 11.2. The molecule has 8 heteroatoms. The summed E-state index contributed by atoms with van der Waals surface area (Å²) in [7, 11) is -3.93. The maximum absolute atomic E-state index is 12.8. The molecule has 148 valence electrons. The summed E-state index contributed by atoms with van der Waals surface area (Å²) < 4.78 is 29.6. The SMILES string of the molecule is Cc1ccc(S(=O)(=O)N=C(NC(=S)Nc2ccc(Cl)cc2)c2ccccc2)cc1. The maximum atomic E-state index is 12.8. The number of rotatable bonds is 4. The zero-order valence-electron chi connectivity index (χ0n) is 15.5. The smallest absolute Gasteiger partial charge is 0.284 e. The van der Waals surface area contributed by atoms with Gasteiger partial charge in [0, 0.05) is 16.3 Å². The lowest BCUT2D eigenvalue weighted by molar-refractivity contribution is 0.598. The lowest BCUT2D eigenvalue weighted by Gasteiger charge is -2.13. The van der Waals surface area contributed by atoms with Crippen LogP contribution in [0, 0.1) is 6.92 Å². The standard InChI is InChI=1S/C21H18ClN3O2S2/c1-15-7-13-19(14-8-15)29(26,27)25-20(16-5-3-2-4-6-16)24-21(28)23-18-11-9-17(22)10-12-18/h2-14H,1H3,(H2,23,24,25,28). The predicted molar refractivity (Wildman–Crippen MR) is 122 cm³/mol. The molecule has 0 saturated heterocycles. The third kappa shape index (κ3) is 5.87. The van der Waals surface area contributed by atoms with Crippen LogP contribution in [0.15, 0.2) is 88.2 Å². The first-order chi connectivity index (χ1) is 13.8. The van der Waals surface area contributed by atoms with Crippen LogP contribution >= 0.6 is 23.8 Å². The van der Waals surface area contributed by atoms with Crippen LogP contribution in [0.4, 0.5) is 5.69 Å². The van der Waals surface area contributed by atoms with Crippen molar-refractivity contribution in [2.75, 3.05) is 5.32 Å². The van der Waals surface area contributed by atoms with Crippen molar-refractivity contribution in [2.24, 2.45) is 4.40 Å². The summed E-state index contributed by atoms with van der Waals surface area (Å²) in [6.07, 6.45) is 0. The molecule has 3 aromatic rings. The lowest BCUT2D eigenvalue weighted by atomic mass is 10.2. The van der Waals surface area contributed by atoms with Crippen molar-refractivity contribution in [1.29, 1.82) is 0 Å². The Morgan fingerprint density at radius 2 is 1.55 bits per heavy atom. The Hall–Kier alpha value is -2.74. The van der Waals surface area contributed by atoms with Gasteiger partial charge in [0.15, 0.2) is 10.9 Å². The average Bonchev–Trinajstić information content (AvgIpc) is 2.70. The Morgan fingerprint density at radius 1 is 0.931 bits per heavy atom. The zero-order valence-corrected chi connectivity index (χ0v) is 17.9. The minimum Gasteiger partial charge on any atom is -0.332 e. The third-order valence-corrected chi connectivity index (χ3v) is 5.66. The van der Waals surface area contributed by atoms with E-state index < -0.39 is 10.0 Å². The van der Waals surface area contributed by atoms with Gasteiger partial charge < -0.3 is 10.6 Å². The van der Waals surface area contributed by atoms with E-state index in [4.69, 9.17) is 23.8 Å². The Bertz CT molecular complexity index is 1130. The van der Waals surface area contributed by atoms with Crippen LogP contribution in [0.2, 0.25) is 5.02 Å². The van der Waals surface area contributed by atoms with Crippen LogP contribution in [-0.4, -0.2) is 19.4 Å². The highest BCUT2D eigenvalue weighted by atomic mass is 35.5. The van der Waals surface area contributed by atoms with Crippen molar-refractivity contribution in [3.63, 3.8) is 0 Å². The van der Waals surface area contributed by atoms with Gasteiger partial charge in [-0.05, 0) is 55.5 Å². The summed E-state index contributed by atoms with van der Waals surface area (Å²) in [5.41, 5.74) is 2.26. The summed E-state index contributed by atoms with van der Waals surface area (Å²) in [6.45, 7) is 1.89. The van der Waals surface area contributed by atoms with E-state index in [0.717, 1.165) is 5.56 Å². The highest BCUT2D eigenvalue weighted by Gasteiger charge is 2.16. The van der Waals surface area contributed by atoms with Crippen molar-refractivity contribution in [3.05, 3.63) is 95.0 Å². The highest BCUT2D eigenvalue weighted by molar-refractivity contribution is 7.90. The molecule has 3 rings (SSSR count). The largest absolute Gasteiger partial charge is 0.332 e. The molecule has 0 spiro atoms. The fourth-order valence-electron chi connectivity index (χ4n) is 2.43. The lowest BCUT2D eigenvalue weighted by Crippen LogP contribution is -2.35. The first-order valence-electron chi connectivity index (χ1n) is 8.64. The summed E-state index contributed by atoms with van der Waals surface area (Å²) in [4.78, 5) is 0.106. The maximum Gasteiger partial charge on any atom is 0.284 e. The molecule has 0 aliphatic heterocycles. The van der Waals surface area contributed by atoms with E-state index >= 15 is 0 Å². The van der Waals surface area contributed by atoms with Gasteiger partial charge in [0.1, 0.15) is 0 Å². The molecule has 0 saturated carbocycles. The molecule has 0 heterocycles. The van der Waals surface area contributed by atoms with E-state index in [9.17, 15) is 8.42 Å². The monoisotopic (exact) mass is 443 g/mol. The second-order valence-electron chi connectivity index (χ2n) is 6.18. The molecule has 0 atom stereocenters. The van der Waals surface area contributed by atoms with Gasteiger partial charge in [-0.25, -0.2) is 0 Å². The number of anilines is 1. The molecular formula is C21H18ClN3O2S2. The minimum atomic E-state index is -3.93. The first kappa shape index (κ1) is 21.0. The van der Waals surface area contributed by atoms with E-state index in [1.165, 1.54) is 12.1 Å². The average molecular weight is 444 g/mol. The van der Waals surface area contributed by atoms with Gasteiger partial charge in [0.25, 0.3) is 10.0 Å². The summed E-state index contributed by atoms with van der Waals surface area (Å²) in [5.74, 6) is 0.123. The quantitative estimate of drug-likeness (QED) is 0.345. The normalized spacial score (nSPS) is 11.7. The fourth-order valence-corrected chi connectivity index (χ4v) is 3.75. The Kier molecular flexibility index (Phi) is 6.64. The fraction of sp³-hybridized carbons (Fsp3) is 0.0476.